The fraction of sp³-hybridized carbons (Fsp3) is 0.579. The summed E-state index contributed by atoms with van der Waals surface area (Å²) in [4.78, 5) is 23.9. The normalized spacial score (nSPS) is 13.0. The molecule has 1 aromatic rings. The molecular weight excluding hydrogens is 382 g/mol. The Hall–Kier alpha value is -1.51. The zero-order valence-corrected chi connectivity index (χ0v) is 18.9. The quantitative estimate of drug-likeness (QED) is 0.283. The van der Waals surface area contributed by atoms with E-state index in [0.29, 0.717) is 11.7 Å². The Morgan fingerprint density at radius 2 is 1.81 bits per heavy atom. The van der Waals surface area contributed by atoms with Gasteiger partial charge in [0.2, 0.25) is 0 Å². The van der Waals surface area contributed by atoms with Crippen molar-refractivity contribution in [2.24, 2.45) is 0 Å². The first-order valence-corrected chi connectivity index (χ1v) is 12.9. The van der Waals surface area contributed by atoms with Gasteiger partial charge in [0.15, 0.2) is 8.32 Å². The summed E-state index contributed by atoms with van der Waals surface area (Å²) in [5.74, 6) is 0.304. The van der Waals surface area contributed by atoms with E-state index < -0.39 is 26.4 Å². The molecule has 1 atom stereocenters. The van der Waals surface area contributed by atoms with Gasteiger partial charge in [0.25, 0.3) is 0 Å². The number of nitrogens with one attached hydrogen (secondary N) is 1. The van der Waals surface area contributed by atoms with Gasteiger partial charge in [-0.15, -0.1) is 11.8 Å². The van der Waals surface area contributed by atoms with Gasteiger partial charge in [-0.05, 0) is 23.7 Å². The predicted molar refractivity (Wildman–Crippen MR) is 111 cm³/mol. The van der Waals surface area contributed by atoms with Crippen molar-refractivity contribution in [3.8, 4) is 0 Å². The number of methoxy groups -OCH3 is 1. The minimum absolute atomic E-state index is 0.120. The van der Waals surface area contributed by atoms with Crippen LogP contribution in [0.1, 0.15) is 26.3 Å². The summed E-state index contributed by atoms with van der Waals surface area (Å²) >= 11 is 1.45. The van der Waals surface area contributed by atoms with Crippen molar-refractivity contribution in [1.82, 2.24) is 5.32 Å². The summed E-state index contributed by atoms with van der Waals surface area (Å²) in [6.45, 7) is 11.0. The van der Waals surface area contributed by atoms with Crippen LogP contribution in [0.2, 0.25) is 18.1 Å². The molecule has 0 saturated heterocycles. The molecule has 0 saturated carbocycles. The van der Waals surface area contributed by atoms with Gasteiger partial charge >= 0.3 is 12.1 Å². The number of hydrogen-bond acceptors (Lipinski definition) is 6. The first-order chi connectivity index (χ1) is 12.6. The molecule has 27 heavy (non-hydrogen) atoms. The molecule has 152 valence electrons. The van der Waals surface area contributed by atoms with Crippen LogP contribution in [0.4, 0.5) is 4.79 Å². The van der Waals surface area contributed by atoms with Gasteiger partial charge in [-0.25, -0.2) is 9.59 Å². The molecule has 1 rings (SSSR count). The molecule has 1 N–H and O–H groups in total. The van der Waals surface area contributed by atoms with Crippen molar-refractivity contribution in [3.05, 3.63) is 35.9 Å². The smallest absolute Gasteiger partial charge is 0.408 e. The molecule has 0 bridgehead atoms. The molecule has 1 aromatic carbocycles. The molecule has 0 fully saturated rings. The molecule has 0 radical (unpaired) electrons. The van der Waals surface area contributed by atoms with Crippen molar-refractivity contribution in [2.75, 3.05) is 18.8 Å². The van der Waals surface area contributed by atoms with Crippen LogP contribution in [0.15, 0.2) is 30.3 Å². The summed E-state index contributed by atoms with van der Waals surface area (Å²) < 4.78 is 16.0. The number of carbonyl (C=O) groups is 2. The minimum Gasteiger partial charge on any atom is -0.467 e. The summed E-state index contributed by atoms with van der Waals surface area (Å²) in [6, 6.07) is 8.56. The Morgan fingerprint density at radius 1 is 1.19 bits per heavy atom. The van der Waals surface area contributed by atoms with Gasteiger partial charge in [0.1, 0.15) is 12.6 Å². The molecular formula is C19H31NO5SSi. The van der Waals surface area contributed by atoms with Crippen molar-refractivity contribution >= 4 is 32.1 Å². The van der Waals surface area contributed by atoms with E-state index in [1.165, 1.54) is 18.9 Å². The lowest BCUT2D eigenvalue weighted by Gasteiger charge is -2.36. The highest BCUT2D eigenvalue weighted by Crippen LogP contribution is 2.37. The number of amides is 1. The van der Waals surface area contributed by atoms with Crippen LogP contribution < -0.4 is 5.32 Å². The van der Waals surface area contributed by atoms with E-state index in [1.54, 1.807) is 0 Å². The number of esters is 1. The van der Waals surface area contributed by atoms with E-state index in [0.717, 1.165) is 5.56 Å². The Bertz CT molecular complexity index is 604. The van der Waals surface area contributed by atoms with E-state index in [2.05, 4.69) is 39.2 Å². The van der Waals surface area contributed by atoms with Gasteiger partial charge in [0, 0.05) is 5.75 Å². The second-order valence-corrected chi connectivity index (χ2v) is 13.5. The van der Waals surface area contributed by atoms with Crippen molar-refractivity contribution < 1.29 is 23.5 Å². The van der Waals surface area contributed by atoms with Gasteiger partial charge in [-0.2, -0.15) is 0 Å². The molecule has 8 heteroatoms. The van der Waals surface area contributed by atoms with Crippen LogP contribution in [-0.2, 0) is 25.3 Å². The van der Waals surface area contributed by atoms with E-state index in [9.17, 15) is 9.59 Å². The lowest BCUT2D eigenvalue weighted by molar-refractivity contribution is -0.142. The van der Waals surface area contributed by atoms with Gasteiger partial charge < -0.3 is 19.2 Å². The van der Waals surface area contributed by atoms with Crippen LogP contribution in [0.25, 0.3) is 0 Å². The third kappa shape index (κ3) is 8.36. The number of ether oxygens (including phenoxy) is 2. The monoisotopic (exact) mass is 413 g/mol. The maximum Gasteiger partial charge on any atom is 0.408 e. The summed E-state index contributed by atoms with van der Waals surface area (Å²) in [7, 11) is -0.549. The molecule has 1 amide bonds. The van der Waals surface area contributed by atoms with Crippen LogP contribution in [0, 0.1) is 0 Å². The standard InChI is InChI=1S/C19H31NO5SSi/c1-19(2,3)27(5,6)25-14-26-13-16(17(21)23-4)20-18(22)24-12-15-10-8-7-9-11-15/h7-11,16H,12-14H2,1-6H3,(H,20,22)/t16-/m0/s1. The molecule has 0 spiro atoms. The van der Waals surface area contributed by atoms with E-state index in [4.69, 9.17) is 13.9 Å². The van der Waals surface area contributed by atoms with Crippen LogP contribution in [-0.4, -0.2) is 45.2 Å². The van der Waals surface area contributed by atoms with Crippen molar-refractivity contribution in [2.45, 2.75) is 51.6 Å². The van der Waals surface area contributed by atoms with Crippen molar-refractivity contribution in [3.63, 3.8) is 0 Å². The number of thioether (sulfide) groups is 1. The molecule has 0 aliphatic carbocycles. The molecule has 0 aliphatic heterocycles. The first kappa shape index (κ1) is 23.5. The highest BCUT2D eigenvalue weighted by Gasteiger charge is 2.37. The van der Waals surface area contributed by atoms with E-state index >= 15 is 0 Å². The SMILES string of the molecule is COC(=O)[C@H](CSCO[Si](C)(C)C(C)(C)C)NC(=O)OCc1ccccc1. The Kier molecular flexibility index (Phi) is 9.35. The van der Waals surface area contributed by atoms with Gasteiger partial charge in [-0.1, -0.05) is 51.1 Å². The summed E-state index contributed by atoms with van der Waals surface area (Å²) in [6.07, 6.45) is -0.653. The third-order valence-electron chi connectivity index (χ3n) is 4.58. The van der Waals surface area contributed by atoms with Gasteiger partial charge in [0.05, 0.1) is 13.0 Å². The number of alkyl carbamates (subject to hydrolysis) is 1. The average molecular weight is 414 g/mol. The van der Waals surface area contributed by atoms with Crippen LogP contribution in [0.5, 0.6) is 0 Å². The largest absolute Gasteiger partial charge is 0.467 e. The first-order valence-electron chi connectivity index (χ1n) is 8.83. The fourth-order valence-electron chi connectivity index (χ4n) is 1.79. The molecule has 0 heterocycles. The molecule has 0 unspecified atom stereocenters. The molecule has 6 nitrogen and oxygen atoms in total. The van der Waals surface area contributed by atoms with Crippen LogP contribution in [0.3, 0.4) is 0 Å². The lowest BCUT2D eigenvalue weighted by atomic mass is 10.2. The fourth-order valence-corrected chi connectivity index (χ4v) is 4.29. The average Bonchev–Trinajstić information content (AvgIpc) is 2.61. The number of carbonyl (C=O) groups excluding carboxylic acids is 2. The second-order valence-electron chi connectivity index (χ2n) is 7.68. The maximum absolute atomic E-state index is 12.0. The van der Waals surface area contributed by atoms with Gasteiger partial charge in [-0.3, -0.25) is 0 Å². The van der Waals surface area contributed by atoms with Crippen molar-refractivity contribution in [1.29, 1.82) is 0 Å². The highest BCUT2D eigenvalue weighted by molar-refractivity contribution is 7.99. The minimum atomic E-state index is -1.84. The lowest BCUT2D eigenvalue weighted by Crippen LogP contribution is -2.44. The molecule has 0 aromatic heterocycles. The molecule has 0 aliphatic rings. The summed E-state index contributed by atoms with van der Waals surface area (Å²) in [5, 5.41) is 2.68. The Labute approximate surface area is 167 Å². The zero-order chi connectivity index (χ0) is 20.5. The van der Waals surface area contributed by atoms with Crippen LogP contribution >= 0.6 is 11.8 Å². The third-order valence-corrected chi connectivity index (χ3v) is 10.1. The predicted octanol–water partition coefficient (Wildman–Crippen LogP) is 4.17. The number of rotatable bonds is 9. The van der Waals surface area contributed by atoms with E-state index in [-0.39, 0.29) is 11.6 Å². The maximum atomic E-state index is 12.0. The topological polar surface area (TPSA) is 73.9 Å². The summed E-state index contributed by atoms with van der Waals surface area (Å²) in [5.41, 5.74) is 0.874. The number of hydrogen-bond donors (Lipinski definition) is 1. The second kappa shape index (κ2) is 10.7. The Morgan fingerprint density at radius 3 is 2.37 bits per heavy atom. The highest BCUT2D eigenvalue weighted by atomic mass is 32.2. The Balaban J connectivity index is 2.46. The zero-order valence-electron chi connectivity index (χ0n) is 17.0. The number of benzene rings is 1. The van der Waals surface area contributed by atoms with E-state index in [1.807, 2.05) is 30.3 Å².